The summed E-state index contributed by atoms with van der Waals surface area (Å²) in [6.07, 6.45) is -1.12. The number of alkyl carbamates (subject to hydrolysis) is 1. The van der Waals surface area contributed by atoms with Crippen molar-refractivity contribution in [2.45, 2.75) is 32.4 Å². The lowest BCUT2D eigenvalue weighted by Gasteiger charge is -2.16. The topological polar surface area (TPSA) is 102 Å². The predicted octanol–water partition coefficient (Wildman–Crippen LogP) is 1.71. The molecule has 0 saturated carbocycles. The van der Waals surface area contributed by atoms with Gasteiger partial charge in [0, 0.05) is 6.42 Å². The van der Waals surface area contributed by atoms with E-state index in [-0.39, 0.29) is 26.1 Å². The molecule has 0 aliphatic carbocycles. The lowest BCUT2D eigenvalue weighted by atomic mass is 10.1. The highest BCUT2D eigenvalue weighted by Crippen LogP contribution is 2.05. The summed E-state index contributed by atoms with van der Waals surface area (Å²) in [4.78, 5) is 34.0. The van der Waals surface area contributed by atoms with E-state index in [1.807, 2.05) is 18.2 Å². The van der Waals surface area contributed by atoms with Gasteiger partial charge in [0.25, 0.3) is 0 Å². The van der Waals surface area contributed by atoms with E-state index in [1.54, 1.807) is 19.1 Å². The number of carboxylic acids is 1. The molecule has 1 aromatic carbocycles. The molecule has 0 aliphatic heterocycles. The molecule has 0 saturated heterocycles. The van der Waals surface area contributed by atoms with Gasteiger partial charge in [0.05, 0.1) is 6.61 Å². The number of nitrogens with one attached hydrogen (secondary N) is 1. The van der Waals surface area contributed by atoms with E-state index in [9.17, 15) is 14.4 Å². The molecule has 0 spiro atoms. The monoisotopic (exact) mass is 309 g/mol. The normalized spacial score (nSPS) is 11.3. The number of carbonyl (C=O) groups is 3. The first kappa shape index (κ1) is 17.5. The summed E-state index contributed by atoms with van der Waals surface area (Å²) in [6.45, 7) is 1.82. The van der Waals surface area contributed by atoms with Gasteiger partial charge in [-0.15, -0.1) is 0 Å². The van der Waals surface area contributed by atoms with E-state index < -0.39 is 24.1 Å². The number of amides is 1. The predicted molar refractivity (Wildman–Crippen MR) is 77.1 cm³/mol. The Bertz CT molecular complexity index is 502. The first-order valence-corrected chi connectivity index (χ1v) is 6.88. The third-order valence-corrected chi connectivity index (χ3v) is 2.72. The fraction of sp³-hybridized carbons (Fsp3) is 0.400. The zero-order valence-electron chi connectivity index (χ0n) is 12.3. The van der Waals surface area contributed by atoms with Crippen molar-refractivity contribution >= 4 is 18.0 Å². The molecule has 0 radical (unpaired) electrons. The van der Waals surface area contributed by atoms with Crippen LogP contribution in [0, 0.1) is 0 Å². The molecule has 22 heavy (non-hydrogen) atoms. The van der Waals surface area contributed by atoms with Crippen LogP contribution in [-0.4, -0.2) is 35.8 Å². The molecule has 0 aliphatic rings. The maximum absolute atomic E-state index is 12.0. The standard InChI is InChI=1S/C15H19NO6/c1-2-21-15(20)16-12(8-9-13(17)18)14(19)22-10-11-6-4-3-5-7-11/h3-7,12H,2,8-10H2,1H3,(H,16,20)(H,17,18)/t12-/m0/s1. The van der Waals surface area contributed by atoms with Crippen molar-refractivity contribution in [1.82, 2.24) is 5.32 Å². The van der Waals surface area contributed by atoms with Gasteiger partial charge in [0.15, 0.2) is 0 Å². The van der Waals surface area contributed by atoms with Gasteiger partial charge in [-0.25, -0.2) is 9.59 Å². The molecular formula is C15H19NO6. The zero-order chi connectivity index (χ0) is 16.4. The number of aliphatic carboxylic acids is 1. The summed E-state index contributed by atoms with van der Waals surface area (Å²) in [7, 11) is 0. The molecule has 0 aromatic heterocycles. The molecular weight excluding hydrogens is 290 g/mol. The van der Waals surface area contributed by atoms with Crippen molar-refractivity contribution in [3.63, 3.8) is 0 Å². The Morgan fingerprint density at radius 3 is 2.45 bits per heavy atom. The van der Waals surface area contributed by atoms with Gasteiger partial charge in [-0.3, -0.25) is 4.79 Å². The van der Waals surface area contributed by atoms with Crippen LogP contribution in [0.5, 0.6) is 0 Å². The Balaban J connectivity index is 2.57. The Labute approximate surface area is 128 Å². The SMILES string of the molecule is CCOC(=O)N[C@@H](CCC(=O)O)C(=O)OCc1ccccc1. The second-order valence-electron chi connectivity index (χ2n) is 4.44. The van der Waals surface area contributed by atoms with Crippen LogP contribution in [-0.2, 0) is 25.7 Å². The van der Waals surface area contributed by atoms with Gasteiger partial charge in [-0.05, 0) is 18.9 Å². The number of carboxylic acid groups (broad SMARTS) is 1. The van der Waals surface area contributed by atoms with Crippen molar-refractivity contribution in [3.05, 3.63) is 35.9 Å². The average molecular weight is 309 g/mol. The van der Waals surface area contributed by atoms with Crippen molar-refractivity contribution < 1.29 is 29.0 Å². The van der Waals surface area contributed by atoms with Crippen molar-refractivity contribution in [2.24, 2.45) is 0 Å². The molecule has 0 unspecified atom stereocenters. The largest absolute Gasteiger partial charge is 0.481 e. The van der Waals surface area contributed by atoms with Gasteiger partial charge in [0.2, 0.25) is 0 Å². The second-order valence-corrected chi connectivity index (χ2v) is 4.44. The summed E-state index contributed by atoms with van der Waals surface area (Å²) in [5.74, 6) is -1.76. The first-order chi connectivity index (χ1) is 10.5. The molecule has 0 bridgehead atoms. The van der Waals surface area contributed by atoms with E-state index in [0.717, 1.165) is 5.56 Å². The maximum Gasteiger partial charge on any atom is 0.407 e. The minimum absolute atomic E-state index is 0.0494. The number of benzene rings is 1. The number of esters is 1. The average Bonchev–Trinajstić information content (AvgIpc) is 2.50. The Morgan fingerprint density at radius 1 is 1.18 bits per heavy atom. The minimum atomic E-state index is -1.06. The lowest BCUT2D eigenvalue weighted by Crippen LogP contribution is -2.42. The fourth-order valence-electron chi connectivity index (χ4n) is 1.66. The van der Waals surface area contributed by atoms with E-state index in [0.29, 0.717) is 0 Å². The second kappa shape index (κ2) is 9.38. The van der Waals surface area contributed by atoms with E-state index in [1.165, 1.54) is 0 Å². The lowest BCUT2D eigenvalue weighted by molar-refractivity contribution is -0.148. The van der Waals surface area contributed by atoms with E-state index in [4.69, 9.17) is 9.84 Å². The van der Waals surface area contributed by atoms with Gasteiger partial charge < -0.3 is 19.9 Å². The number of carbonyl (C=O) groups excluding carboxylic acids is 2. The molecule has 120 valence electrons. The summed E-state index contributed by atoms with van der Waals surface area (Å²) in [5, 5.41) is 11.0. The summed E-state index contributed by atoms with van der Waals surface area (Å²) >= 11 is 0. The Hall–Kier alpha value is -2.57. The van der Waals surface area contributed by atoms with Gasteiger partial charge >= 0.3 is 18.0 Å². The minimum Gasteiger partial charge on any atom is -0.481 e. The molecule has 7 nitrogen and oxygen atoms in total. The number of ether oxygens (including phenoxy) is 2. The fourth-order valence-corrected chi connectivity index (χ4v) is 1.66. The Morgan fingerprint density at radius 2 is 1.86 bits per heavy atom. The van der Waals surface area contributed by atoms with Crippen LogP contribution in [0.25, 0.3) is 0 Å². The van der Waals surface area contributed by atoms with Crippen LogP contribution in [0.3, 0.4) is 0 Å². The summed E-state index contributed by atoms with van der Waals surface area (Å²) in [5.41, 5.74) is 0.795. The van der Waals surface area contributed by atoms with Gasteiger partial charge in [-0.2, -0.15) is 0 Å². The van der Waals surface area contributed by atoms with E-state index in [2.05, 4.69) is 10.1 Å². The molecule has 0 heterocycles. The quantitative estimate of drug-likeness (QED) is 0.709. The van der Waals surface area contributed by atoms with Crippen LogP contribution in [0.15, 0.2) is 30.3 Å². The van der Waals surface area contributed by atoms with Crippen LogP contribution in [0.2, 0.25) is 0 Å². The number of hydrogen-bond acceptors (Lipinski definition) is 5. The highest BCUT2D eigenvalue weighted by atomic mass is 16.6. The molecule has 1 rings (SSSR count). The van der Waals surface area contributed by atoms with Crippen LogP contribution >= 0.6 is 0 Å². The summed E-state index contributed by atoms with van der Waals surface area (Å²) < 4.78 is 9.79. The highest BCUT2D eigenvalue weighted by molar-refractivity contribution is 5.82. The maximum atomic E-state index is 12.0. The van der Waals surface area contributed by atoms with Gasteiger partial charge in [-0.1, -0.05) is 30.3 Å². The number of hydrogen-bond donors (Lipinski definition) is 2. The highest BCUT2D eigenvalue weighted by Gasteiger charge is 2.23. The zero-order valence-corrected chi connectivity index (χ0v) is 12.3. The first-order valence-electron chi connectivity index (χ1n) is 6.88. The third kappa shape index (κ3) is 6.74. The van der Waals surface area contributed by atoms with Crippen LogP contribution in [0.1, 0.15) is 25.3 Å². The van der Waals surface area contributed by atoms with Crippen LogP contribution in [0.4, 0.5) is 4.79 Å². The molecule has 1 atom stereocenters. The number of rotatable bonds is 8. The molecule has 2 N–H and O–H groups in total. The smallest absolute Gasteiger partial charge is 0.407 e. The molecule has 7 heteroatoms. The van der Waals surface area contributed by atoms with Crippen molar-refractivity contribution in [2.75, 3.05) is 6.61 Å². The summed E-state index contributed by atoms with van der Waals surface area (Å²) in [6, 6.07) is 7.97. The third-order valence-electron chi connectivity index (χ3n) is 2.72. The molecule has 1 aromatic rings. The van der Waals surface area contributed by atoms with Crippen LogP contribution < -0.4 is 5.32 Å². The Kier molecular flexibility index (Phi) is 7.45. The molecule has 0 fully saturated rings. The van der Waals surface area contributed by atoms with Gasteiger partial charge in [0.1, 0.15) is 12.6 Å². The van der Waals surface area contributed by atoms with Crippen molar-refractivity contribution in [1.29, 1.82) is 0 Å². The van der Waals surface area contributed by atoms with Crippen molar-refractivity contribution in [3.8, 4) is 0 Å². The molecule has 1 amide bonds. The van der Waals surface area contributed by atoms with E-state index >= 15 is 0 Å².